The summed E-state index contributed by atoms with van der Waals surface area (Å²) in [5.74, 6) is 0.676. The smallest absolute Gasteiger partial charge is 0.229 e. The summed E-state index contributed by atoms with van der Waals surface area (Å²) in [6.07, 6.45) is 2.34. The largest absolute Gasteiger partial charge is 0.344 e. The van der Waals surface area contributed by atoms with E-state index in [0.29, 0.717) is 13.1 Å². The molecule has 5 heteroatoms. The van der Waals surface area contributed by atoms with Gasteiger partial charge in [0.1, 0.15) is 0 Å². The molecule has 2 heterocycles. The van der Waals surface area contributed by atoms with Crippen LogP contribution in [0.2, 0.25) is 0 Å². The van der Waals surface area contributed by atoms with Crippen LogP contribution in [0.25, 0.3) is 0 Å². The number of aryl methyl sites for hydroxylation is 2. The standard InChI is InChI=1S/C24H25N3OS/c1-3-17-5-9-19(10-6-17)21-13-23(28)27-15-26(16-29-24(27)22(21)14-25)20-11-7-18(4-2)8-12-20/h5-12,21H,3-4,13,15-16H2,1-2H3. The SMILES string of the molecule is CCc1ccc(C2CC(=O)N3CN(c4ccc(CC)cc4)CSC3=C2C#N)cc1. The Hall–Kier alpha value is -2.71. The van der Waals surface area contributed by atoms with E-state index in [9.17, 15) is 10.1 Å². The third-order valence-corrected chi connectivity index (χ3v) is 6.95. The molecule has 0 saturated carbocycles. The summed E-state index contributed by atoms with van der Waals surface area (Å²) in [5.41, 5.74) is 5.45. The van der Waals surface area contributed by atoms with E-state index in [1.807, 2.05) is 0 Å². The first-order valence-corrected chi connectivity index (χ1v) is 11.1. The Morgan fingerprint density at radius 1 is 1.03 bits per heavy atom. The van der Waals surface area contributed by atoms with Gasteiger partial charge in [-0.1, -0.05) is 62.0 Å². The monoisotopic (exact) mass is 403 g/mol. The van der Waals surface area contributed by atoms with Gasteiger partial charge in [-0.2, -0.15) is 5.26 Å². The van der Waals surface area contributed by atoms with Crippen molar-refractivity contribution in [3.8, 4) is 6.07 Å². The Morgan fingerprint density at radius 3 is 2.24 bits per heavy atom. The van der Waals surface area contributed by atoms with Crippen molar-refractivity contribution in [1.82, 2.24) is 4.90 Å². The van der Waals surface area contributed by atoms with Crippen LogP contribution in [0.15, 0.2) is 59.1 Å². The molecule has 2 aliphatic rings. The van der Waals surface area contributed by atoms with Crippen LogP contribution in [0, 0.1) is 11.3 Å². The van der Waals surface area contributed by atoms with Gasteiger partial charge in [-0.15, -0.1) is 0 Å². The number of carbonyl (C=O) groups excluding carboxylic acids is 1. The molecular formula is C24H25N3OS. The molecule has 1 amide bonds. The van der Waals surface area contributed by atoms with Gasteiger partial charge in [-0.25, -0.2) is 0 Å². The fourth-order valence-corrected chi connectivity index (χ4v) is 5.11. The first-order valence-electron chi connectivity index (χ1n) is 10.1. The van der Waals surface area contributed by atoms with Crippen molar-refractivity contribution < 1.29 is 4.79 Å². The second-order valence-corrected chi connectivity index (χ2v) is 8.41. The van der Waals surface area contributed by atoms with Crippen LogP contribution in [-0.4, -0.2) is 23.4 Å². The van der Waals surface area contributed by atoms with Crippen LogP contribution in [0.5, 0.6) is 0 Å². The molecule has 29 heavy (non-hydrogen) atoms. The van der Waals surface area contributed by atoms with Gasteiger partial charge in [0.05, 0.1) is 29.2 Å². The lowest BCUT2D eigenvalue weighted by molar-refractivity contribution is -0.129. The van der Waals surface area contributed by atoms with Crippen LogP contribution in [0.4, 0.5) is 5.69 Å². The number of thioether (sulfide) groups is 1. The fraction of sp³-hybridized carbons (Fsp3) is 0.333. The Morgan fingerprint density at radius 2 is 1.66 bits per heavy atom. The van der Waals surface area contributed by atoms with Gasteiger partial charge in [0.2, 0.25) is 5.91 Å². The second kappa shape index (κ2) is 8.34. The molecular weight excluding hydrogens is 378 g/mol. The average molecular weight is 404 g/mol. The highest BCUT2D eigenvalue weighted by Gasteiger charge is 2.38. The lowest BCUT2D eigenvalue weighted by atomic mass is 9.86. The molecule has 0 radical (unpaired) electrons. The van der Waals surface area contributed by atoms with Crippen LogP contribution in [0.1, 0.15) is 42.9 Å². The number of carbonyl (C=O) groups is 1. The number of rotatable bonds is 4. The van der Waals surface area contributed by atoms with Crippen molar-refractivity contribution >= 4 is 23.4 Å². The van der Waals surface area contributed by atoms with E-state index in [0.717, 1.165) is 40.6 Å². The molecule has 2 aliphatic heterocycles. The topological polar surface area (TPSA) is 47.3 Å². The number of anilines is 1. The molecule has 4 nitrogen and oxygen atoms in total. The normalized spacial score (nSPS) is 19.2. The Labute approximate surface area is 176 Å². The van der Waals surface area contributed by atoms with Gasteiger partial charge in [-0.05, 0) is 41.7 Å². The average Bonchev–Trinajstić information content (AvgIpc) is 2.79. The molecule has 0 aliphatic carbocycles. The minimum absolute atomic E-state index is 0.0888. The Balaban J connectivity index is 1.61. The number of hydrogen-bond donors (Lipinski definition) is 0. The van der Waals surface area contributed by atoms with Crippen molar-refractivity contribution in [2.45, 2.75) is 39.0 Å². The molecule has 1 unspecified atom stereocenters. The first kappa shape index (κ1) is 19.6. The summed E-state index contributed by atoms with van der Waals surface area (Å²) in [7, 11) is 0. The quantitative estimate of drug-likeness (QED) is 0.718. The first-order chi connectivity index (χ1) is 14.1. The summed E-state index contributed by atoms with van der Waals surface area (Å²) in [6.45, 7) is 4.77. The molecule has 2 aromatic carbocycles. The maximum Gasteiger partial charge on any atom is 0.229 e. The molecule has 0 N–H and O–H groups in total. The molecule has 1 fully saturated rings. The summed E-state index contributed by atoms with van der Waals surface area (Å²) >= 11 is 1.59. The second-order valence-electron chi connectivity index (χ2n) is 7.48. The lowest BCUT2D eigenvalue weighted by Gasteiger charge is -2.42. The molecule has 148 valence electrons. The predicted molar refractivity (Wildman–Crippen MR) is 118 cm³/mol. The number of nitrogens with zero attached hydrogens (tertiary/aromatic N) is 3. The van der Waals surface area contributed by atoms with E-state index in [1.165, 1.54) is 11.1 Å². The van der Waals surface area contributed by atoms with Gasteiger partial charge < -0.3 is 4.90 Å². The predicted octanol–water partition coefficient (Wildman–Crippen LogP) is 5.03. The molecule has 2 aromatic rings. The maximum atomic E-state index is 13.0. The minimum atomic E-state index is -0.146. The van der Waals surface area contributed by atoms with E-state index < -0.39 is 0 Å². The number of allylic oxidation sites excluding steroid dienone is 1. The summed E-state index contributed by atoms with van der Waals surface area (Å²) in [4.78, 5) is 17.0. The molecule has 0 aromatic heterocycles. The lowest BCUT2D eigenvalue weighted by Crippen LogP contribution is -2.47. The zero-order valence-electron chi connectivity index (χ0n) is 16.9. The van der Waals surface area contributed by atoms with Crippen molar-refractivity contribution in [2.75, 3.05) is 17.4 Å². The third-order valence-electron chi connectivity index (χ3n) is 5.79. The van der Waals surface area contributed by atoms with Gasteiger partial charge in [0.25, 0.3) is 0 Å². The van der Waals surface area contributed by atoms with Crippen LogP contribution in [0.3, 0.4) is 0 Å². The highest BCUT2D eigenvalue weighted by Crippen LogP contribution is 2.43. The highest BCUT2D eigenvalue weighted by atomic mass is 32.2. The van der Waals surface area contributed by atoms with Crippen molar-refractivity contribution in [2.24, 2.45) is 0 Å². The summed E-state index contributed by atoms with van der Waals surface area (Å²) in [6, 6.07) is 19.3. The third kappa shape index (κ3) is 3.77. The molecule has 4 rings (SSSR count). The Bertz CT molecular complexity index is 973. The molecule has 0 bridgehead atoms. The maximum absolute atomic E-state index is 13.0. The minimum Gasteiger partial charge on any atom is -0.344 e. The zero-order valence-corrected chi connectivity index (χ0v) is 17.7. The number of benzene rings is 2. The van der Waals surface area contributed by atoms with Gasteiger partial charge in [-0.3, -0.25) is 9.69 Å². The van der Waals surface area contributed by atoms with Crippen molar-refractivity contribution in [3.63, 3.8) is 0 Å². The number of amides is 1. The summed E-state index contributed by atoms with van der Waals surface area (Å²) in [5, 5.41) is 10.7. The summed E-state index contributed by atoms with van der Waals surface area (Å²) < 4.78 is 0. The molecule has 1 saturated heterocycles. The van der Waals surface area contributed by atoms with Gasteiger partial charge in [0.15, 0.2) is 0 Å². The van der Waals surface area contributed by atoms with Crippen LogP contribution < -0.4 is 4.90 Å². The van der Waals surface area contributed by atoms with Crippen LogP contribution >= 0.6 is 11.8 Å². The van der Waals surface area contributed by atoms with E-state index in [-0.39, 0.29) is 11.8 Å². The van der Waals surface area contributed by atoms with Crippen molar-refractivity contribution in [3.05, 3.63) is 75.8 Å². The fourth-order valence-electron chi connectivity index (χ4n) is 3.94. The molecule has 0 spiro atoms. The Kier molecular flexibility index (Phi) is 5.64. The van der Waals surface area contributed by atoms with Gasteiger partial charge in [0, 0.05) is 18.0 Å². The number of hydrogen-bond acceptors (Lipinski definition) is 4. The van der Waals surface area contributed by atoms with Crippen molar-refractivity contribution in [1.29, 1.82) is 5.26 Å². The van der Waals surface area contributed by atoms with Crippen LogP contribution in [-0.2, 0) is 17.6 Å². The van der Waals surface area contributed by atoms with Gasteiger partial charge >= 0.3 is 0 Å². The number of nitriles is 1. The number of fused-ring (bicyclic) bond motifs is 1. The highest BCUT2D eigenvalue weighted by molar-refractivity contribution is 8.03. The van der Waals surface area contributed by atoms with E-state index in [4.69, 9.17) is 0 Å². The zero-order chi connectivity index (χ0) is 20.4. The van der Waals surface area contributed by atoms with E-state index in [2.05, 4.69) is 73.3 Å². The van der Waals surface area contributed by atoms with E-state index >= 15 is 0 Å². The molecule has 1 atom stereocenters. The van der Waals surface area contributed by atoms with E-state index in [1.54, 1.807) is 16.7 Å².